The van der Waals surface area contributed by atoms with Gasteiger partial charge in [0.05, 0.1) is 26.7 Å². The highest BCUT2D eigenvalue weighted by Crippen LogP contribution is 2.34. The van der Waals surface area contributed by atoms with E-state index in [1.807, 2.05) is 55.4 Å². The first-order valence-electron chi connectivity index (χ1n) is 36.6. The number of hydrogen-bond donors (Lipinski definition) is 10. The molecule has 0 radical (unpaired) electrons. The first-order chi connectivity index (χ1) is 59.3. The summed E-state index contributed by atoms with van der Waals surface area (Å²) >= 11 is 11.9. The molecule has 15 aromatic rings. The van der Waals surface area contributed by atoms with E-state index < -0.39 is 57.9 Å². The summed E-state index contributed by atoms with van der Waals surface area (Å²) in [5.74, 6) is -2.29. The number of H-pyrrole nitrogens is 5. The van der Waals surface area contributed by atoms with E-state index in [4.69, 9.17) is 32.7 Å². The van der Waals surface area contributed by atoms with Crippen LogP contribution in [0.5, 0.6) is 11.5 Å². The maximum absolute atomic E-state index is 13.6. The summed E-state index contributed by atoms with van der Waals surface area (Å²) in [4.78, 5) is 156. The third-order valence-electron chi connectivity index (χ3n) is 17.9. The van der Waals surface area contributed by atoms with Crippen LogP contribution in [0.3, 0.4) is 0 Å². The molecule has 28 nitrogen and oxygen atoms in total. The first-order valence-corrected chi connectivity index (χ1v) is 37.3. The summed E-state index contributed by atoms with van der Waals surface area (Å²) in [5.41, 5.74) is 6.91. The van der Waals surface area contributed by atoms with Crippen molar-refractivity contribution >= 4 is 86.9 Å². The number of ether oxygens (including phenoxy) is 2. The Morgan fingerprint density at radius 1 is 0.358 bits per heavy atom. The van der Waals surface area contributed by atoms with E-state index in [2.05, 4.69) is 76.4 Å². The van der Waals surface area contributed by atoms with E-state index in [0.717, 1.165) is 68.4 Å². The molecule has 10 N–H and O–H groups in total. The summed E-state index contributed by atoms with van der Waals surface area (Å²) in [5, 5.41) is 13.1. The van der Waals surface area contributed by atoms with Gasteiger partial charge in [-0.2, -0.15) is 13.2 Å². The van der Waals surface area contributed by atoms with Gasteiger partial charge in [0, 0.05) is 157 Å². The van der Waals surface area contributed by atoms with E-state index in [-0.39, 0.29) is 79.0 Å². The third kappa shape index (κ3) is 22.9. The summed E-state index contributed by atoms with van der Waals surface area (Å²) in [7, 11) is 3.86. The fourth-order valence-electron chi connectivity index (χ4n) is 11.5. The van der Waals surface area contributed by atoms with Crippen molar-refractivity contribution in [2.24, 2.45) is 0 Å². The van der Waals surface area contributed by atoms with Gasteiger partial charge in [0.25, 0.3) is 57.3 Å². The van der Waals surface area contributed by atoms with Crippen molar-refractivity contribution in [3.63, 3.8) is 0 Å². The molecule has 0 fully saturated rings. The summed E-state index contributed by atoms with van der Waals surface area (Å²) < 4.78 is 62.4. The summed E-state index contributed by atoms with van der Waals surface area (Å²) in [6.07, 6.45) is 19.6. The number of aromatic nitrogens is 10. The molecule has 11 heterocycles. The Bertz CT molecular complexity index is 6660. The molecular weight excluding hydrogens is 1630 g/mol. The van der Waals surface area contributed by atoms with Crippen LogP contribution in [-0.4, -0.2) is 100 Å². The molecule has 0 atom stereocenters. The number of amides is 5. The second kappa shape index (κ2) is 40.2. The van der Waals surface area contributed by atoms with Gasteiger partial charge < -0.3 is 65.9 Å². The number of fused-ring (bicyclic) bond motifs is 1. The Kier molecular flexibility index (Phi) is 28.1. The number of aromatic amines is 5. The minimum Gasteiger partial charge on any atom is -0.454 e. The van der Waals surface area contributed by atoms with Crippen molar-refractivity contribution in [2.45, 2.75) is 6.18 Å². The average molecular weight is 1700 g/mol. The maximum Gasteiger partial charge on any atom is 0.416 e. The quantitative estimate of drug-likeness (QED) is 0.0402. The molecule has 0 aliphatic carbocycles. The highest BCUT2D eigenvalue weighted by Gasteiger charge is 2.31. The number of rotatable bonds is 16. The topological polar surface area (TPSA) is 396 Å². The first kappa shape index (κ1) is 86.0. The van der Waals surface area contributed by atoms with E-state index in [1.54, 1.807) is 184 Å². The Morgan fingerprint density at radius 2 is 0.683 bits per heavy atom. The predicted molar refractivity (Wildman–Crippen MR) is 459 cm³/mol. The molecule has 1 aliphatic heterocycles. The second-order valence-corrected chi connectivity index (χ2v) is 27.1. The molecule has 1 aliphatic rings. The molecule has 0 unspecified atom stereocenters. The van der Waals surface area contributed by atoms with Gasteiger partial charge in [-0.15, -0.1) is 0 Å². The van der Waals surface area contributed by atoms with Gasteiger partial charge in [0.15, 0.2) is 11.5 Å². The lowest BCUT2D eigenvalue weighted by Gasteiger charge is -2.12. The summed E-state index contributed by atoms with van der Waals surface area (Å²) in [6.45, 7) is 0.133. The molecule has 0 bridgehead atoms. The van der Waals surface area contributed by atoms with Gasteiger partial charge in [0.1, 0.15) is 34.3 Å². The van der Waals surface area contributed by atoms with Crippen molar-refractivity contribution in [2.75, 3.05) is 52.4 Å². The van der Waals surface area contributed by atoms with E-state index in [1.165, 1.54) is 54.9 Å². The fraction of sp³-hybridized carbons (Fsp3) is 0.0449. The number of pyridine rings is 10. The normalized spacial score (nSPS) is 10.9. The molecular formula is C89H66Cl2F4N16O12. The minimum absolute atomic E-state index is 0.0487. The number of nitrogens with zero attached hydrogens (tertiary/aromatic N) is 6. The zero-order chi connectivity index (χ0) is 87.1. The van der Waals surface area contributed by atoms with Crippen molar-refractivity contribution in [1.82, 2.24) is 49.8 Å². The van der Waals surface area contributed by atoms with Crippen molar-refractivity contribution in [3.8, 4) is 67.1 Å². The van der Waals surface area contributed by atoms with Crippen LogP contribution in [0.4, 0.5) is 51.7 Å². The molecule has 0 spiro atoms. The van der Waals surface area contributed by atoms with E-state index in [9.17, 15) is 65.5 Å². The highest BCUT2D eigenvalue weighted by molar-refractivity contribution is 6.44. The van der Waals surface area contributed by atoms with Gasteiger partial charge >= 0.3 is 6.18 Å². The molecule has 10 aromatic heterocycles. The lowest BCUT2D eigenvalue weighted by atomic mass is 10.1. The van der Waals surface area contributed by atoms with Crippen molar-refractivity contribution in [3.05, 3.63) is 394 Å². The Balaban J connectivity index is 0.000000140. The van der Waals surface area contributed by atoms with E-state index in [0.29, 0.717) is 33.8 Å². The average Bonchev–Trinajstić information content (AvgIpc) is 1.81. The van der Waals surface area contributed by atoms with Crippen LogP contribution in [-0.2, 0) is 6.18 Å². The molecule has 616 valence electrons. The number of nitrogens with one attached hydrogen (secondary N) is 10. The second-order valence-electron chi connectivity index (χ2n) is 26.3. The van der Waals surface area contributed by atoms with Gasteiger partial charge in [-0.3, -0.25) is 72.9 Å². The van der Waals surface area contributed by atoms with Crippen LogP contribution in [0.1, 0.15) is 57.4 Å². The van der Waals surface area contributed by atoms with Crippen LogP contribution in [0.15, 0.2) is 317 Å². The lowest BCUT2D eigenvalue weighted by molar-refractivity contribution is -0.137. The van der Waals surface area contributed by atoms with Gasteiger partial charge in [0.2, 0.25) is 6.79 Å². The minimum atomic E-state index is -4.56. The molecule has 5 aromatic carbocycles. The largest absolute Gasteiger partial charge is 0.454 e. The molecule has 34 heteroatoms. The number of carbonyl (C=O) groups is 5. The number of carbonyl (C=O) groups excluding carboxylic acids is 5. The van der Waals surface area contributed by atoms with Crippen LogP contribution >= 0.6 is 23.2 Å². The lowest BCUT2D eigenvalue weighted by Crippen LogP contribution is -2.20. The number of benzene rings is 5. The van der Waals surface area contributed by atoms with Crippen molar-refractivity contribution < 1.29 is 51.0 Å². The number of hydrogen-bond acceptors (Lipinski definition) is 18. The third-order valence-corrected chi connectivity index (χ3v) is 18.7. The van der Waals surface area contributed by atoms with Crippen LogP contribution in [0.25, 0.3) is 55.6 Å². The molecule has 0 saturated heterocycles. The zero-order valence-corrected chi connectivity index (χ0v) is 65.8. The van der Waals surface area contributed by atoms with Crippen molar-refractivity contribution in [1.29, 1.82) is 0 Å². The Morgan fingerprint density at radius 3 is 1.06 bits per heavy atom. The van der Waals surface area contributed by atoms with Gasteiger partial charge in [-0.25, -0.2) is 4.39 Å². The monoisotopic (exact) mass is 1700 g/mol. The molecule has 16 rings (SSSR count). The van der Waals surface area contributed by atoms with Gasteiger partial charge in [-0.05, 0) is 204 Å². The summed E-state index contributed by atoms with van der Waals surface area (Å²) in [6, 6.07) is 52.0. The maximum atomic E-state index is 13.6. The molecule has 123 heavy (non-hydrogen) atoms. The van der Waals surface area contributed by atoms with E-state index >= 15 is 0 Å². The molecule has 0 saturated carbocycles. The number of alkyl halides is 3. The van der Waals surface area contributed by atoms with Crippen LogP contribution in [0, 0.1) is 5.82 Å². The zero-order valence-electron chi connectivity index (χ0n) is 64.3. The van der Waals surface area contributed by atoms with Crippen LogP contribution < -0.4 is 68.8 Å². The molecule has 5 amide bonds. The standard InChI is InChI=1S/C19H18N4O2.C18H12F3N3O2.C18H13N3O4.C17H11Cl2N3O2.C17H12FN3O2/c1-23(2)16-5-3-14(4-6-16)18(24)22-17-11-15(12-21-19(17)25)13-7-9-20-10-8-13;19-18(20,21)14-3-1-2-12(8-14)16(25)24-15-9-13(10-23-17(15)26)11-4-6-22-7-5-11;22-17(12-1-2-15-16(8-12)25-10-24-15)21-14-7-13(9-20-18(14)23)11-3-5-19-6-4-11;18-13-3-1-2-12(15(13)19)16(23)22-14-8-11(9-21-17(14)24)10-4-6-20-7-5-10;18-14-4-2-1-3-13(14)16(22)21-15-9-12(10-20-17(15)23)11-5-7-19-8-6-11/h3-12H,1-2H3,(H,21,25)(H,22,24);1-10H,(H,23,26)(H,24,25);1-9H,10H2,(H,20,23)(H,21,22);1-9H,(H,21,24)(H,22,23);1-10H,(H,20,23)(H,21,22). The van der Waals surface area contributed by atoms with Crippen LogP contribution in [0.2, 0.25) is 10.0 Å². The SMILES string of the molecule is CN(C)c1ccc(C(=O)Nc2cc(-c3ccncc3)c[nH]c2=O)cc1.O=C(Nc1cc(-c2ccncc2)c[nH]c1=O)c1ccc2c(c1)OCO2.O=C(Nc1cc(-c2ccncc2)c[nH]c1=O)c1cccc(C(F)(F)F)c1.O=C(Nc1cc(-c2ccncc2)c[nH]c1=O)c1cccc(Cl)c1Cl.O=C(Nc1cc(-c2ccncc2)c[nH]c1=O)c1ccccc1F. The highest BCUT2D eigenvalue weighted by atomic mass is 35.5. The smallest absolute Gasteiger partial charge is 0.416 e. The Hall–Kier alpha value is -16.4. The fourth-order valence-corrected chi connectivity index (χ4v) is 11.9. The van der Waals surface area contributed by atoms with Gasteiger partial charge in [-0.1, -0.05) is 47.5 Å². The number of halogens is 6. The number of anilines is 6. The predicted octanol–water partition coefficient (Wildman–Crippen LogP) is 15.7. The Labute approximate surface area is 703 Å².